The van der Waals surface area contributed by atoms with Crippen LogP contribution in [0, 0.1) is 6.92 Å². The molecule has 2 aromatic carbocycles. The van der Waals surface area contributed by atoms with Crippen LogP contribution in [0.3, 0.4) is 0 Å². The van der Waals surface area contributed by atoms with E-state index in [0.29, 0.717) is 18.5 Å². The van der Waals surface area contributed by atoms with Crippen LogP contribution in [-0.4, -0.2) is 92.3 Å². The molecule has 0 radical (unpaired) electrons. The summed E-state index contributed by atoms with van der Waals surface area (Å²) in [6.07, 6.45) is -1.56. The Hall–Kier alpha value is -4.24. The van der Waals surface area contributed by atoms with E-state index in [4.69, 9.17) is 4.74 Å². The maximum atomic E-state index is 13.7. The fraction of sp³-hybridized carbons (Fsp3) is 0.471. The van der Waals surface area contributed by atoms with Gasteiger partial charge in [-0.25, -0.2) is 12.7 Å². The lowest BCUT2D eigenvalue weighted by Gasteiger charge is -2.34. The number of ether oxygens (including phenoxy) is 1. The number of amidine groups is 1. The first kappa shape index (κ1) is 37.6. The summed E-state index contributed by atoms with van der Waals surface area (Å²) < 4.78 is 74.4. The average Bonchev–Trinajstić information content (AvgIpc) is 3.37. The van der Waals surface area contributed by atoms with E-state index in [9.17, 15) is 36.0 Å². The molecule has 2 aliphatic rings. The van der Waals surface area contributed by atoms with Crippen molar-refractivity contribution >= 4 is 33.6 Å². The summed E-state index contributed by atoms with van der Waals surface area (Å²) in [5.41, 5.74) is -0.356. The highest BCUT2D eigenvalue weighted by Crippen LogP contribution is 2.36. The van der Waals surface area contributed by atoms with Gasteiger partial charge in [0.05, 0.1) is 24.5 Å². The van der Waals surface area contributed by atoms with Crippen LogP contribution in [0.1, 0.15) is 65.2 Å². The Morgan fingerprint density at radius 3 is 2.53 bits per heavy atom. The number of nitrogens with one attached hydrogen (secondary N) is 2. The van der Waals surface area contributed by atoms with Gasteiger partial charge >= 0.3 is 6.18 Å². The van der Waals surface area contributed by atoms with Gasteiger partial charge in [0.25, 0.3) is 11.8 Å². The van der Waals surface area contributed by atoms with Crippen molar-refractivity contribution in [1.82, 2.24) is 19.8 Å². The Labute approximate surface area is 284 Å². The van der Waals surface area contributed by atoms with E-state index in [1.165, 1.54) is 22.3 Å². The van der Waals surface area contributed by atoms with Crippen molar-refractivity contribution in [1.29, 1.82) is 0 Å². The lowest BCUT2D eigenvalue weighted by molar-refractivity contribution is -0.137. The topological polar surface area (TPSA) is 137 Å². The van der Waals surface area contributed by atoms with Crippen molar-refractivity contribution < 1.29 is 40.7 Å². The van der Waals surface area contributed by atoms with Crippen LogP contribution >= 0.6 is 0 Å². The normalized spacial score (nSPS) is 16.2. The summed E-state index contributed by atoms with van der Waals surface area (Å²) in [6.45, 7) is 7.87. The number of likely N-dealkylation sites (N-methyl/N-ethyl adjacent to an activating group) is 1. The molecule has 2 N–H and O–H groups in total. The lowest BCUT2D eigenvalue weighted by Crippen LogP contribution is -2.50. The smallest absolute Gasteiger partial charge is 0.416 e. The van der Waals surface area contributed by atoms with Gasteiger partial charge in [-0.3, -0.25) is 19.4 Å². The van der Waals surface area contributed by atoms with Gasteiger partial charge < -0.3 is 20.3 Å². The molecule has 4 rings (SSSR count). The summed E-state index contributed by atoms with van der Waals surface area (Å²) in [5, 5.41) is 5.33. The summed E-state index contributed by atoms with van der Waals surface area (Å²) in [7, 11) is -2.20. The molecule has 11 nitrogen and oxygen atoms in total. The third-order valence-electron chi connectivity index (χ3n) is 8.54. The highest BCUT2D eigenvalue weighted by Gasteiger charge is 2.47. The number of benzene rings is 2. The molecule has 0 bridgehead atoms. The summed E-state index contributed by atoms with van der Waals surface area (Å²) in [4.78, 5) is 43.8. The fourth-order valence-electron chi connectivity index (χ4n) is 5.67. The van der Waals surface area contributed by atoms with Crippen LogP contribution in [0.2, 0.25) is 0 Å². The van der Waals surface area contributed by atoms with Crippen LogP contribution in [-0.2, 0) is 32.2 Å². The summed E-state index contributed by atoms with van der Waals surface area (Å²) in [6, 6.07) is 8.15. The van der Waals surface area contributed by atoms with Gasteiger partial charge in [0.2, 0.25) is 15.9 Å². The average molecular weight is 706 g/mol. The number of hydrogen-bond acceptors (Lipinski definition) is 7. The van der Waals surface area contributed by atoms with Gasteiger partial charge in [0.15, 0.2) is 0 Å². The molecule has 0 saturated carbocycles. The number of rotatable bonds is 14. The number of carbonyl (C=O) groups is 3. The number of nitrogens with zero attached hydrogens (tertiary/aromatic N) is 3. The molecule has 1 saturated heterocycles. The van der Waals surface area contributed by atoms with Crippen molar-refractivity contribution in [2.45, 2.75) is 57.7 Å². The molecule has 3 amide bonds. The first-order chi connectivity index (χ1) is 23.1. The molecule has 1 spiro atoms. The second-order valence-corrected chi connectivity index (χ2v) is 14.3. The maximum Gasteiger partial charge on any atom is 0.416 e. The van der Waals surface area contributed by atoms with Crippen molar-refractivity contribution in [2.24, 2.45) is 4.99 Å². The summed E-state index contributed by atoms with van der Waals surface area (Å²) in [5.74, 6) is -1.33. The van der Waals surface area contributed by atoms with Crippen LogP contribution in [0.15, 0.2) is 54.0 Å². The molecule has 266 valence electrons. The standard InChI is InChI=1S/C34H42F3N5O6S/c1-5-7-16-48-28-20-26(19-27(21-28)34(35,36)37)30-39-32(45)33(40-30)11-14-42(15-12-33)49(46,47)17-10-24-8-9-25(18-23(24)3)31(44)41(4)22-29(43)38-13-6-2/h5,8-9,18-21H,1,6-7,10-17,22H2,2-4H3,(H,38,43)(H,39,40,45). The fourth-order valence-corrected chi connectivity index (χ4v) is 7.15. The van der Waals surface area contributed by atoms with Crippen LogP contribution in [0.25, 0.3) is 0 Å². The molecule has 49 heavy (non-hydrogen) atoms. The minimum Gasteiger partial charge on any atom is -0.493 e. The number of aryl methyl sites for hydroxylation is 2. The Bertz CT molecular complexity index is 1720. The number of hydrogen-bond donors (Lipinski definition) is 2. The Kier molecular flexibility index (Phi) is 11.9. The molecular formula is C34H42F3N5O6S. The first-order valence-electron chi connectivity index (χ1n) is 16.1. The SMILES string of the molecule is C=CCCOc1cc(C2=NC3(CCN(S(=O)(=O)CCc4ccc(C(=O)N(C)CC(=O)NCCC)cc4C)CC3)C(=O)N2)cc(C(F)(F)F)c1. The third-order valence-corrected chi connectivity index (χ3v) is 10.4. The zero-order valence-corrected chi connectivity index (χ0v) is 28.7. The second kappa shape index (κ2) is 15.5. The lowest BCUT2D eigenvalue weighted by atomic mass is 9.89. The molecule has 2 aromatic rings. The largest absolute Gasteiger partial charge is 0.493 e. The summed E-state index contributed by atoms with van der Waals surface area (Å²) >= 11 is 0. The van der Waals surface area contributed by atoms with E-state index in [-0.39, 0.29) is 80.2 Å². The Morgan fingerprint density at radius 1 is 1.18 bits per heavy atom. The number of halogens is 3. The van der Waals surface area contributed by atoms with E-state index in [1.54, 1.807) is 31.2 Å². The molecular weight excluding hydrogens is 663 g/mol. The molecule has 0 aliphatic carbocycles. The predicted molar refractivity (Wildman–Crippen MR) is 179 cm³/mol. The second-order valence-electron chi connectivity index (χ2n) is 12.2. The highest BCUT2D eigenvalue weighted by atomic mass is 32.2. The van der Waals surface area contributed by atoms with Crippen molar-refractivity contribution in [2.75, 3.05) is 45.6 Å². The first-order valence-corrected chi connectivity index (χ1v) is 17.7. The Morgan fingerprint density at radius 2 is 1.90 bits per heavy atom. The van der Waals surface area contributed by atoms with Gasteiger partial charge in [-0.2, -0.15) is 13.2 Å². The third kappa shape index (κ3) is 9.26. The molecule has 0 atom stereocenters. The number of aliphatic imine (C=N–C) groups is 1. The zero-order chi connectivity index (χ0) is 36.0. The number of carbonyl (C=O) groups excluding carboxylic acids is 3. The highest BCUT2D eigenvalue weighted by molar-refractivity contribution is 7.89. The van der Waals surface area contributed by atoms with Crippen LogP contribution < -0.4 is 15.4 Å². The molecule has 2 aliphatic heterocycles. The zero-order valence-electron chi connectivity index (χ0n) is 27.9. The number of sulfonamides is 1. The molecule has 0 aromatic heterocycles. The molecule has 1 fully saturated rings. The monoisotopic (exact) mass is 705 g/mol. The molecule has 0 unspecified atom stereocenters. The van der Waals surface area contributed by atoms with E-state index >= 15 is 0 Å². The van der Waals surface area contributed by atoms with Gasteiger partial charge in [-0.05, 0) is 80.5 Å². The molecule has 15 heteroatoms. The van der Waals surface area contributed by atoms with Crippen LogP contribution in [0.4, 0.5) is 13.2 Å². The quantitative estimate of drug-likeness (QED) is 0.227. The Balaban J connectivity index is 1.39. The predicted octanol–water partition coefficient (Wildman–Crippen LogP) is 3.85. The van der Waals surface area contributed by atoms with Gasteiger partial charge in [0.1, 0.15) is 17.1 Å². The van der Waals surface area contributed by atoms with Crippen LogP contribution in [0.5, 0.6) is 5.75 Å². The van der Waals surface area contributed by atoms with E-state index < -0.39 is 33.2 Å². The number of alkyl halides is 3. The van der Waals surface area contributed by atoms with Gasteiger partial charge in [-0.15, -0.1) is 6.58 Å². The van der Waals surface area contributed by atoms with Gasteiger partial charge in [0, 0.05) is 37.8 Å². The van der Waals surface area contributed by atoms with E-state index in [0.717, 1.165) is 29.7 Å². The van der Waals surface area contributed by atoms with Crippen molar-refractivity contribution in [3.05, 3.63) is 76.9 Å². The number of amides is 3. The van der Waals surface area contributed by atoms with Gasteiger partial charge in [-0.1, -0.05) is 19.1 Å². The van der Waals surface area contributed by atoms with E-state index in [2.05, 4.69) is 22.2 Å². The minimum absolute atomic E-state index is 0.00955. The number of piperidine rings is 1. The van der Waals surface area contributed by atoms with Crippen molar-refractivity contribution in [3.63, 3.8) is 0 Å². The minimum atomic E-state index is -4.66. The van der Waals surface area contributed by atoms with Crippen molar-refractivity contribution in [3.8, 4) is 5.75 Å². The van der Waals surface area contributed by atoms with E-state index in [1.807, 2.05) is 6.92 Å². The molecule has 2 heterocycles. The maximum absolute atomic E-state index is 13.7.